The first-order chi connectivity index (χ1) is 7.49. The molecular weight excluding hydrogens is 196 g/mol. The molecule has 88 valence electrons. The van der Waals surface area contributed by atoms with Crippen LogP contribution in [0.25, 0.3) is 0 Å². The quantitative estimate of drug-likeness (QED) is 0.512. The maximum Gasteiger partial charge on any atom is 0.178 e. The minimum Gasteiger partial charge on any atom is -0.290 e. The van der Waals surface area contributed by atoms with Crippen LogP contribution in [0, 0.1) is 5.92 Å². The SMILES string of the molecule is CC(C)=CC(=O)C=C(C)C1CC=C(C)CC1. The third kappa shape index (κ3) is 4.18. The third-order valence-electron chi connectivity index (χ3n) is 3.08. The summed E-state index contributed by atoms with van der Waals surface area (Å²) in [6.45, 7) is 8.17. The summed E-state index contributed by atoms with van der Waals surface area (Å²) in [4.78, 5) is 11.6. The van der Waals surface area contributed by atoms with Crippen molar-refractivity contribution in [2.75, 3.05) is 0 Å². The van der Waals surface area contributed by atoms with Crippen molar-refractivity contribution in [1.82, 2.24) is 0 Å². The Morgan fingerprint density at radius 1 is 1.31 bits per heavy atom. The number of rotatable bonds is 3. The first-order valence-corrected chi connectivity index (χ1v) is 6.01. The molecule has 1 unspecified atom stereocenters. The second kappa shape index (κ2) is 5.83. The van der Waals surface area contributed by atoms with Crippen molar-refractivity contribution in [3.63, 3.8) is 0 Å². The third-order valence-corrected chi connectivity index (χ3v) is 3.08. The molecule has 0 aromatic carbocycles. The van der Waals surface area contributed by atoms with E-state index in [1.807, 2.05) is 13.8 Å². The molecule has 0 radical (unpaired) electrons. The summed E-state index contributed by atoms with van der Waals surface area (Å²) in [6.07, 6.45) is 9.26. The summed E-state index contributed by atoms with van der Waals surface area (Å²) in [5.74, 6) is 0.696. The highest BCUT2D eigenvalue weighted by Gasteiger charge is 2.14. The Labute approximate surface area is 98.9 Å². The fourth-order valence-electron chi connectivity index (χ4n) is 2.05. The van der Waals surface area contributed by atoms with E-state index >= 15 is 0 Å². The second-order valence-corrected chi connectivity index (χ2v) is 5.03. The van der Waals surface area contributed by atoms with Gasteiger partial charge in [0.1, 0.15) is 0 Å². The van der Waals surface area contributed by atoms with Crippen LogP contribution >= 0.6 is 0 Å². The summed E-state index contributed by atoms with van der Waals surface area (Å²) in [7, 11) is 0. The van der Waals surface area contributed by atoms with E-state index in [0.717, 1.165) is 12.0 Å². The maximum atomic E-state index is 11.6. The lowest BCUT2D eigenvalue weighted by Crippen LogP contribution is -2.07. The Bertz CT molecular complexity index is 352. The lowest BCUT2D eigenvalue weighted by atomic mass is 9.85. The van der Waals surface area contributed by atoms with Crippen molar-refractivity contribution in [3.8, 4) is 0 Å². The summed E-state index contributed by atoms with van der Waals surface area (Å²) >= 11 is 0. The van der Waals surface area contributed by atoms with Gasteiger partial charge in [-0.15, -0.1) is 0 Å². The number of hydrogen-bond acceptors (Lipinski definition) is 1. The first-order valence-electron chi connectivity index (χ1n) is 6.01. The summed E-state index contributed by atoms with van der Waals surface area (Å²) in [5.41, 5.74) is 3.78. The smallest absolute Gasteiger partial charge is 0.178 e. The molecule has 0 bridgehead atoms. The monoisotopic (exact) mass is 218 g/mol. The Morgan fingerprint density at radius 3 is 2.50 bits per heavy atom. The predicted octanol–water partition coefficient (Wildman–Crippen LogP) is 4.21. The Kier molecular flexibility index (Phi) is 4.72. The van der Waals surface area contributed by atoms with Crippen LogP contribution in [0.4, 0.5) is 0 Å². The molecule has 0 aromatic heterocycles. The van der Waals surface area contributed by atoms with E-state index in [2.05, 4.69) is 19.9 Å². The molecule has 1 nitrogen and oxygen atoms in total. The van der Waals surface area contributed by atoms with E-state index < -0.39 is 0 Å². The van der Waals surface area contributed by atoms with Crippen LogP contribution in [0.3, 0.4) is 0 Å². The van der Waals surface area contributed by atoms with Crippen LogP contribution in [0.5, 0.6) is 0 Å². The van der Waals surface area contributed by atoms with Crippen LogP contribution in [0.15, 0.2) is 34.9 Å². The standard InChI is InChI=1S/C15H22O/c1-11(2)9-15(16)10-13(4)14-7-5-12(3)6-8-14/h5,9-10,14H,6-8H2,1-4H3. The first kappa shape index (κ1) is 13.0. The van der Waals surface area contributed by atoms with Gasteiger partial charge in [0.15, 0.2) is 5.78 Å². The number of hydrogen-bond donors (Lipinski definition) is 0. The molecule has 1 atom stereocenters. The highest BCUT2D eigenvalue weighted by atomic mass is 16.1. The van der Waals surface area contributed by atoms with Crippen molar-refractivity contribution >= 4 is 5.78 Å². The Morgan fingerprint density at radius 2 is 2.00 bits per heavy atom. The van der Waals surface area contributed by atoms with Gasteiger partial charge in [0.05, 0.1) is 0 Å². The van der Waals surface area contributed by atoms with Crippen molar-refractivity contribution in [1.29, 1.82) is 0 Å². The van der Waals surface area contributed by atoms with E-state index in [-0.39, 0.29) is 5.78 Å². The molecule has 1 rings (SSSR count). The van der Waals surface area contributed by atoms with Crippen molar-refractivity contribution in [2.45, 2.75) is 47.0 Å². The lowest BCUT2D eigenvalue weighted by molar-refractivity contribution is -0.110. The molecule has 16 heavy (non-hydrogen) atoms. The zero-order valence-corrected chi connectivity index (χ0v) is 10.8. The molecule has 0 spiro atoms. The van der Waals surface area contributed by atoms with Crippen LogP contribution in [-0.2, 0) is 4.79 Å². The fourth-order valence-corrected chi connectivity index (χ4v) is 2.05. The zero-order valence-electron chi connectivity index (χ0n) is 10.8. The molecule has 1 aliphatic rings. The maximum absolute atomic E-state index is 11.6. The topological polar surface area (TPSA) is 17.1 Å². The molecule has 0 heterocycles. The van der Waals surface area contributed by atoms with Gasteiger partial charge in [0.25, 0.3) is 0 Å². The molecule has 1 aliphatic carbocycles. The Balaban J connectivity index is 2.64. The van der Waals surface area contributed by atoms with Gasteiger partial charge in [-0.25, -0.2) is 0 Å². The van der Waals surface area contributed by atoms with Crippen LogP contribution in [-0.4, -0.2) is 5.78 Å². The number of ketones is 1. The summed E-state index contributed by atoms with van der Waals surface area (Å²) < 4.78 is 0. The van der Waals surface area contributed by atoms with Gasteiger partial charge in [-0.3, -0.25) is 4.79 Å². The molecular formula is C15H22O. The van der Waals surface area contributed by atoms with Gasteiger partial charge in [-0.1, -0.05) is 22.8 Å². The van der Waals surface area contributed by atoms with E-state index in [1.54, 1.807) is 12.2 Å². The van der Waals surface area contributed by atoms with Gasteiger partial charge < -0.3 is 0 Å². The largest absolute Gasteiger partial charge is 0.290 e. The highest BCUT2D eigenvalue weighted by molar-refractivity contribution is 6.00. The van der Waals surface area contributed by atoms with E-state index in [0.29, 0.717) is 5.92 Å². The van der Waals surface area contributed by atoms with Gasteiger partial charge in [-0.05, 0) is 65.0 Å². The van der Waals surface area contributed by atoms with Crippen molar-refractivity contribution < 1.29 is 4.79 Å². The predicted molar refractivity (Wildman–Crippen MR) is 69.3 cm³/mol. The molecule has 0 saturated heterocycles. The van der Waals surface area contributed by atoms with Gasteiger partial charge in [-0.2, -0.15) is 0 Å². The number of carbonyl (C=O) groups is 1. The number of carbonyl (C=O) groups excluding carboxylic acids is 1. The number of allylic oxidation sites excluding steroid dienone is 6. The molecule has 0 aliphatic heterocycles. The second-order valence-electron chi connectivity index (χ2n) is 5.03. The molecule has 0 N–H and O–H groups in total. The normalized spacial score (nSPS) is 21.4. The summed E-state index contributed by atoms with van der Waals surface area (Å²) in [5, 5.41) is 0. The summed E-state index contributed by atoms with van der Waals surface area (Å²) in [6, 6.07) is 0. The van der Waals surface area contributed by atoms with Crippen molar-refractivity contribution in [2.24, 2.45) is 5.92 Å². The van der Waals surface area contributed by atoms with Gasteiger partial charge in [0, 0.05) is 0 Å². The fraction of sp³-hybridized carbons (Fsp3) is 0.533. The molecule has 0 amide bonds. The average Bonchev–Trinajstić information content (AvgIpc) is 2.16. The molecule has 1 heteroatoms. The molecule has 0 aromatic rings. The van der Waals surface area contributed by atoms with Crippen LogP contribution in [0.2, 0.25) is 0 Å². The zero-order chi connectivity index (χ0) is 12.1. The molecule has 0 fully saturated rings. The van der Waals surface area contributed by atoms with Crippen LogP contribution in [0.1, 0.15) is 47.0 Å². The minimum absolute atomic E-state index is 0.128. The Hall–Kier alpha value is -1.11. The van der Waals surface area contributed by atoms with Crippen molar-refractivity contribution in [3.05, 3.63) is 34.9 Å². The van der Waals surface area contributed by atoms with Gasteiger partial charge in [0.2, 0.25) is 0 Å². The van der Waals surface area contributed by atoms with E-state index in [4.69, 9.17) is 0 Å². The average molecular weight is 218 g/mol. The van der Waals surface area contributed by atoms with Crippen LogP contribution < -0.4 is 0 Å². The molecule has 0 saturated carbocycles. The lowest BCUT2D eigenvalue weighted by Gasteiger charge is -2.20. The van der Waals surface area contributed by atoms with E-state index in [9.17, 15) is 4.79 Å². The van der Waals surface area contributed by atoms with Gasteiger partial charge >= 0.3 is 0 Å². The van der Waals surface area contributed by atoms with E-state index in [1.165, 1.54) is 24.0 Å². The minimum atomic E-state index is 0.128. The highest BCUT2D eigenvalue weighted by Crippen LogP contribution is 2.28.